The van der Waals surface area contributed by atoms with Gasteiger partial charge in [0.25, 0.3) is 0 Å². The third kappa shape index (κ3) is 8.03. The van der Waals surface area contributed by atoms with Crippen LogP contribution in [0, 0.1) is 17.2 Å². The Bertz CT molecular complexity index is 163. The molecular weight excluding hydrogens is 176 g/mol. The number of nitriles is 1. The van der Waals surface area contributed by atoms with E-state index < -0.39 is 0 Å². The molecule has 0 spiro atoms. The summed E-state index contributed by atoms with van der Waals surface area (Å²) in [6, 6.07) is 2.18. The Morgan fingerprint density at radius 2 is 2.00 bits per heavy atom. The summed E-state index contributed by atoms with van der Waals surface area (Å²) >= 11 is 0. The van der Waals surface area contributed by atoms with Gasteiger partial charge in [0.2, 0.25) is 0 Å². The zero-order chi connectivity index (χ0) is 10.8. The van der Waals surface area contributed by atoms with E-state index in [0.29, 0.717) is 6.42 Å². The molecule has 0 aliphatic rings. The molecule has 0 aromatic heterocycles. The lowest BCUT2D eigenvalue weighted by atomic mass is 10.1. The van der Waals surface area contributed by atoms with E-state index in [0.717, 1.165) is 32.2 Å². The molecule has 3 heteroatoms. The average Bonchev–Trinajstić information content (AvgIpc) is 2.16. The summed E-state index contributed by atoms with van der Waals surface area (Å²) in [6.07, 6.45) is 1.80. The number of methoxy groups -OCH3 is 1. The lowest BCUT2D eigenvalue weighted by Crippen LogP contribution is -2.30. The molecule has 0 aliphatic carbocycles. The lowest BCUT2D eigenvalue weighted by Gasteiger charge is -2.21. The third-order valence-corrected chi connectivity index (χ3v) is 2.17. The minimum atomic E-state index is 0.613. The fourth-order valence-corrected chi connectivity index (χ4v) is 1.20. The maximum absolute atomic E-state index is 8.51. The maximum Gasteiger partial charge on any atom is 0.0635 e. The van der Waals surface area contributed by atoms with Gasteiger partial charge in [0.15, 0.2) is 0 Å². The molecule has 0 fully saturated rings. The van der Waals surface area contributed by atoms with Crippen molar-refractivity contribution < 1.29 is 4.74 Å². The Balaban J connectivity index is 3.67. The zero-order valence-electron chi connectivity index (χ0n) is 9.62. The molecule has 0 atom stereocenters. The van der Waals surface area contributed by atoms with Crippen LogP contribution >= 0.6 is 0 Å². The summed E-state index contributed by atoms with van der Waals surface area (Å²) in [7, 11) is 1.71. The third-order valence-electron chi connectivity index (χ3n) is 2.17. The monoisotopic (exact) mass is 198 g/mol. The number of hydrogen-bond donors (Lipinski definition) is 0. The molecule has 82 valence electrons. The van der Waals surface area contributed by atoms with Crippen molar-refractivity contribution in [1.29, 1.82) is 5.26 Å². The predicted octanol–water partition coefficient (Wildman–Crippen LogP) is 1.89. The van der Waals surface area contributed by atoms with E-state index in [4.69, 9.17) is 10.00 Å². The summed E-state index contributed by atoms with van der Waals surface area (Å²) in [5.41, 5.74) is 0. The van der Waals surface area contributed by atoms with E-state index in [-0.39, 0.29) is 0 Å². The van der Waals surface area contributed by atoms with Crippen LogP contribution in [0.15, 0.2) is 0 Å². The first-order valence-corrected chi connectivity index (χ1v) is 5.29. The Hall–Kier alpha value is -0.590. The summed E-state index contributed by atoms with van der Waals surface area (Å²) in [6.45, 7) is 8.07. The fourth-order valence-electron chi connectivity index (χ4n) is 1.20. The molecule has 0 saturated carbocycles. The maximum atomic E-state index is 8.51. The number of ether oxygens (including phenoxy) is 1. The van der Waals surface area contributed by atoms with Gasteiger partial charge in [-0.1, -0.05) is 13.8 Å². The average molecular weight is 198 g/mol. The smallest absolute Gasteiger partial charge is 0.0635 e. The van der Waals surface area contributed by atoms with Crippen LogP contribution in [0.2, 0.25) is 0 Å². The Morgan fingerprint density at radius 3 is 2.50 bits per heavy atom. The second-order valence-corrected chi connectivity index (χ2v) is 3.93. The fraction of sp³-hybridized carbons (Fsp3) is 0.909. The number of nitrogens with zero attached hydrogens (tertiary/aromatic N) is 2. The standard InChI is InChI=1S/C11H22N2O/c1-11(2)5-8-13(7-4-6-12)9-10-14-3/h11H,4-5,7-10H2,1-3H3. The summed E-state index contributed by atoms with van der Waals surface area (Å²) in [4.78, 5) is 2.30. The van der Waals surface area contributed by atoms with Crippen LogP contribution < -0.4 is 0 Å². The molecule has 14 heavy (non-hydrogen) atoms. The molecule has 0 heterocycles. The highest BCUT2D eigenvalue weighted by Crippen LogP contribution is 2.02. The SMILES string of the molecule is COCCN(CCC#N)CCC(C)C. The molecule has 0 rings (SSSR count). The molecule has 0 aliphatic heterocycles. The normalized spacial score (nSPS) is 10.9. The van der Waals surface area contributed by atoms with Gasteiger partial charge in [-0.2, -0.15) is 5.26 Å². The first-order chi connectivity index (χ1) is 6.70. The van der Waals surface area contributed by atoms with E-state index in [1.807, 2.05) is 0 Å². The van der Waals surface area contributed by atoms with Crippen molar-refractivity contribution in [2.75, 3.05) is 33.4 Å². The minimum absolute atomic E-state index is 0.613. The van der Waals surface area contributed by atoms with Crippen molar-refractivity contribution in [1.82, 2.24) is 4.90 Å². The molecule has 0 unspecified atom stereocenters. The van der Waals surface area contributed by atoms with Crippen LogP contribution in [0.1, 0.15) is 26.7 Å². The van der Waals surface area contributed by atoms with Crippen LogP contribution in [0.3, 0.4) is 0 Å². The van der Waals surface area contributed by atoms with Gasteiger partial charge in [-0.3, -0.25) is 0 Å². The Kier molecular flexibility index (Phi) is 8.61. The van der Waals surface area contributed by atoms with Crippen molar-refractivity contribution in [2.45, 2.75) is 26.7 Å². The largest absolute Gasteiger partial charge is 0.383 e. The van der Waals surface area contributed by atoms with Gasteiger partial charge in [0.05, 0.1) is 12.7 Å². The van der Waals surface area contributed by atoms with Crippen molar-refractivity contribution in [2.24, 2.45) is 5.92 Å². The summed E-state index contributed by atoms with van der Waals surface area (Å²) < 4.78 is 5.03. The van der Waals surface area contributed by atoms with E-state index >= 15 is 0 Å². The molecule has 0 aromatic carbocycles. The lowest BCUT2D eigenvalue weighted by molar-refractivity contribution is 0.145. The van der Waals surface area contributed by atoms with Crippen LogP contribution in [0.25, 0.3) is 0 Å². The highest BCUT2D eigenvalue weighted by Gasteiger charge is 2.04. The van der Waals surface area contributed by atoms with E-state index in [1.165, 1.54) is 6.42 Å². The van der Waals surface area contributed by atoms with Crippen molar-refractivity contribution >= 4 is 0 Å². The second-order valence-electron chi connectivity index (χ2n) is 3.93. The van der Waals surface area contributed by atoms with Crippen LogP contribution in [-0.4, -0.2) is 38.3 Å². The van der Waals surface area contributed by atoms with Gasteiger partial charge >= 0.3 is 0 Å². The summed E-state index contributed by atoms with van der Waals surface area (Å²) in [5.74, 6) is 0.724. The molecule has 0 amide bonds. The van der Waals surface area contributed by atoms with Crippen LogP contribution in [0.5, 0.6) is 0 Å². The quantitative estimate of drug-likeness (QED) is 0.597. The molecule has 0 bridgehead atoms. The van der Waals surface area contributed by atoms with Crippen molar-refractivity contribution in [3.8, 4) is 6.07 Å². The highest BCUT2D eigenvalue weighted by atomic mass is 16.5. The van der Waals surface area contributed by atoms with E-state index in [2.05, 4.69) is 24.8 Å². The van der Waals surface area contributed by atoms with Gasteiger partial charge in [-0.15, -0.1) is 0 Å². The molecule has 0 saturated heterocycles. The second kappa shape index (κ2) is 8.98. The van der Waals surface area contributed by atoms with E-state index in [1.54, 1.807) is 7.11 Å². The number of rotatable bonds is 8. The van der Waals surface area contributed by atoms with Gasteiger partial charge < -0.3 is 9.64 Å². The predicted molar refractivity (Wildman–Crippen MR) is 58.0 cm³/mol. The van der Waals surface area contributed by atoms with Crippen molar-refractivity contribution in [3.05, 3.63) is 0 Å². The summed E-state index contributed by atoms with van der Waals surface area (Å²) in [5, 5.41) is 8.51. The molecule has 0 aromatic rings. The van der Waals surface area contributed by atoms with Crippen molar-refractivity contribution in [3.63, 3.8) is 0 Å². The molecule has 0 N–H and O–H groups in total. The molecular formula is C11H22N2O. The van der Waals surface area contributed by atoms with Gasteiger partial charge in [0.1, 0.15) is 0 Å². The van der Waals surface area contributed by atoms with Gasteiger partial charge in [-0.05, 0) is 18.9 Å². The first-order valence-electron chi connectivity index (χ1n) is 5.29. The van der Waals surface area contributed by atoms with Gasteiger partial charge in [0, 0.05) is 26.6 Å². The minimum Gasteiger partial charge on any atom is -0.383 e. The zero-order valence-corrected chi connectivity index (χ0v) is 9.62. The molecule has 0 radical (unpaired) electrons. The van der Waals surface area contributed by atoms with Gasteiger partial charge in [-0.25, -0.2) is 0 Å². The Morgan fingerprint density at radius 1 is 1.29 bits per heavy atom. The van der Waals surface area contributed by atoms with Crippen LogP contribution in [-0.2, 0) is 4.74 Å². The van der Waals surface area contributed by atoms with Crippen LogP contribution in [0.4, 0.5) is 0 Å². The molecule has 3 nitrogen and oxygen atoms in total. The number of hydrogen-bond acceptors (Lipinski definition) is 3. The topological polar surface area (TPSA) is 36.3 Å². The Labute approximate surface area is 87.7 Å². The highest BCUT2D eigenvalue weighted by molar-refractivity contribution is 4.72. The first kappa shape index (κ1) is 13.4. The van der Waals surface area contributed by atoms with E-state index in [9.17, 15) is 0 Å².